The molecule has 1 atom stereocenters. The average Bonchev–Trinajstić information content (AvgIpc) is 3.33. The normalized spacial score (nSPS) is 16.2. The molecule has 9 nitrogen and oxygen atoms in total. The standard InChI is InChI=1S/C27H29FN4O5/c1-37-24-7-5-6-23(33)26(24)22-17-21(30-32(22)20-10-8-18(28)9-11-20)27(36)29-19(16-25(34)35)12-15-31-13-3-2-4-14-31/h5-8,10,17,19,33H,2-4,12-16H2,1H3,(H,29,36)(H,34,35)/t19-/m0/s1. The molecule has 10 heteroatoms. The van der Waals surface area contributed by atoms with Crippen molar-refractivity contribution in [2.75, 3.05) is 26.7 Å². The van der Waals surface area contributed by atoms with Crippen LogP contribution in [0.3, 0.4) is 0 Å². The van der Waals surface area contributed by atoms with E-state index in [2.05, 4.69) is 26.8 Å². The van der Waals surface area contributed by atoms with Crippen molar-refractivity contribution in [1.29, 1.82) is 0 Å². The molecule has 1 aliphatic heterocycles. The minimum Gasteiger partial charge on any atom is -0.507 e. The number of hydrogen-bond acceptors (Lipinski definition) is 6. The quantitative estimate of drug-likeness (QED) is 0.419. The highest BCUT2D eigenvalue weighted by Gasteiger charge is 2.25. The van der Waals surface area contributed by atoms with Crippen LogP contribution in [0.4, 0.5) is 4.39 Å². The molecule has 1 fully saturated rings. The van der Waals surface area contributed by atoms with Crippen molar-refractivity contribution in [1.82, 2.24) is 20.0 Å². The second kappa shape index (κ2) is 11.8. The first-order valence-corrected chi connectivity index (χ1v) is 12.2. The number of likely N-dealkylation sites (tertiary alicyclic amines) is 1. The lowest BCUT2D eigenvalue weighted by atomic mass is 10.1. The molecule has 3 N–H and O–H groups in total. The van der Waals surface area contributed by atoms with Crippen LogP contribution >= 0.6 is 0 Å². The summed E-state index contributed by atoms with van der Waals surface area (Å²) in [5, 5.41) is 27.2. The van der Waals surface area contributed by atoms with E-state index in [1.54, 1.807) is 12.1 Å². The third kappa shape index (κ3) is 6.37. The van der Waals surface area contributed by atoms with Crippen molar-refractivity contribution in [2.24, 2.45) is 0 Å². The van der Waals surface area contributed by atoms with Gasteiger partial charge in [0.2, 0.25) is 0 Å². The van der Waals surface area contributed by atoms with Gasteiger partial charge in [-0.2, -0.15) is 9.49 Å². The van der Waals surface area contributed by atoms with Gasteiger partial charge in [-0.25, -0.2) is 4.68 Å². The van der Waals surface area contributed by atoms with Gasteiger partial charge in [-0.15, -0.1) is 0 Å². The summed E-state index contributed by atoms with van der Waals surface area (Å²) in [5.74, 6) is -1.95. The highest BCUT2D eigenvalue weighted by atomic mass is 19.1. The molecule has 0 radical (unpaired) electrons. The summed E-state index contributed by atoms with van der Waals surface area (Å²) in [7, 11) is 1.45. The number of allylic oxidation sites excluding steroid dienone is 4. The van der Waals surface area contributed by atoms with Gasteiger partial charge in [0.1, 0.15) is 17.2 Å². The maximum Gasteiger partial charge on any atom is 0.305 e. The van der Waals surface area contributed by atoms with Gasteiger partial charge in [0.25, 0.3) is 5.91 Å². The fourth-order valence-electron chi connectivity index (χ4n) is 4.50. The van der Waals surface area contributed by atoms with Crippen molar-refractivity contribution in [3.05, 3.63) is 59.4 Å². The molecule has 1 aliphatic carbocycles. The SMILES string of the molecule is COc1cccc(O)c1-c1cc(C(=O)N[C@@H](CCN2CCCCC2)CC(=O)O)nn1C1=C=C=C(F)C=C1. The van der Waals surface area contributed by atoms with Gasteiger partial charge >= 0.3 is 5.97 Å². The van der Waals surface area contributed by atoms with Crippen molar-refractivity contribution < 1.29 is 28.9 Å². The number of nitrogens with zero attached hydrogens (tertiary/aromatic N) is 3. The molecule has 0 saturated carbocycles. The number of carbonyl (C=O) groups is 2. The molecule has 2 aliphatic rings. The Bertz CT molecular complexity index is 1310. The molecular weight excluding hydrogens is 479 g/mol. The zero-order chi connectivity index (χ0) is 26.4. The molecule has 0 unspecified atom stereocenters. The van der Waals surface area contributed by atoms with Crippen molar-refractivity contribution in [2.45, 2.75) is 38.1 Å². The molecule has 1 aromatic heterocycles. The van der Waals surface area contributed by atoms with E-state index in [4.69, 9.17) is 4.74 Å². The number of hydrogen-bond donors (Lipinski definition) is 3. The van der Waals surface area contributed by atoms with Crippen LogP contribution in [0.1, 0.15) is 42.6 Å². The highest BCUT2D eigenvalue weighted by Crippen LogP contribution is 2.39. The minimum absolute atomic E-state index is 0.00797. The van der Waals surface area contributed by atoms with E-state index in [1.165, 1.54) is 42.5 Å². The second-order valence-electron chi connectivity index (χ2n) is 8.96. The highest BCUT2D eigenvalue weighted by molar-refractivity contribution is 5.95. The number of rotatable bonds is 10. The van der Waals surface area contributed by atoms with Crippen LogP contribution in [0.5, 0.6) is 11.5 Å². The molecule has 1 aromatic carbocycles. The maximum atomic E-state index is 13.5. The maximum absolute atomic E-state index is 13.5. The van der Waals surface area contributed by atoms with Crippen LogP contribution in [-0.4, -0.2) is 69.6 Å². The first-order chi connectivity index (χ1) is 17.9. The largest absolute Gasteiger partial charge is 0.507 e. The van der Waals surface area contributed by atoms with Crippen molar-refractivity contribution in [3.63, 3.8) is 0 Å². The van der Waals surface area contributed by atoms with E-state index in [1.807, 2.05) is 0 Å². The number of aromatic nitrogens is 2. The monoisotopic (exact) mass is 508 g/mol. The fourth-order valence-corrected chi connectivity index (χ4v) is 4.50. The topological polar surface area (TPSA) is 117 Å². The van der Waals surface area contributed by atoms with E-state index in [0.717, 1.165) is 25.9 Å². The lowest BCUT2D eigenvalue weighted by Gasteiger charge is -2.28. The van der Waals surface area contributed by atoms with Crippen molar-refractivity contribution in [3.8, 4) is 22.8 Å². The Morgan fingerprint density at radius 3 is 2.68 bits per heavy atom. The Morgan fingerprint density at radius 1 is 1.22 bits per heavy atom. The smallest absolute Gasteiger partial charge is 0.305 e. The summed E-state index contributed by atoms with van der Waals surface area (Å²) in [6, 6.07) is 5.61. The molecule has 194 valence electrons. The van der Waals surface area contributed by atoms with E-state index in [-0.39, 0.29) is 29.1 Å². The Labute approximate surface area is 213 Å². The Balaban J connectivity index is 1.65. The Hall–Kier alpha value is -4.10. The lowest BCUT2D eigenvalue weighted by Crippen LogP contribution is -2.40. The Kier molecular flexibility index (Phi) is 8.25. The van der Waals surface area contributed by atoms with Crippen LogP contribution in [0, 0.1) is 0 Å². The molecule has 2 aromatic rings. The molecule has 2 heterocycles. The van der Waals surface area contributed by atoms with Gasteiger partial charge < -0.3 is 25.2 Å². The number of benzene rings is 1. The zero-order valence-corrected chi connectivity index (χ0v) is 20.5. The van der Waals surface area contributed by atoms with Crippen LogP contribution < -0.4 is 10.1 Å². The predicted molar refractivity (Wildman–Crippen MR) is 135 cm³/mol. The van der Waals surface area contributed by atoms with E-state index in [9.17, 15) is 24.2 Å². The van der Waals surface area contributed by atoms with Gasteiger partial charge in [-0.3, -0.25) is 9.59 Å². The number of halogens is 1. The summed E-state index contributed by atoms with van der Waals surface area (Å²) < 4.78 is 20.2. The van der Waals surface area contributed by atoms with Crippen LogP contribution in [0.25, 0.3) is 17.0 Å². The number of phenols is 1. The number of carboxylic acid groups (broad SMARTS) is 1. The number of phenolic OH excluding ortho intramolecular Hbond substituents is 1. The lowest BCUT2D eigenvalue weighted by molar-refractivity contribution is -0.137. The fraction of sp³-hybridized carbons (Fsp3) is 0.370. The molecule has 0 bridgehead atoms. The number of amides is 1. The van der Waals surface area contributed by atoms with Gasteiger partial charge in [0.05, 0.1) is 24.8 Å². The molecule has 0 spiro atoms. The van der Waals surface area contributed by atoms with Gasteiger partial charge in [0.15, 0.2) is 11.5 Å². The number of aliphatic carboxylic acids is 1. The van der Waals surface area contributed by atoms with E-state index < -0.39 is 23.7 Å². The summed E-state index contributed by atoms with van der Waals surface area (Å²) in [4.78, 5) is 27.0. The summed E-state index contributed by atoms with van der Waals surface area (Å²) in [5.41, 5.74) is 5.86. The number of carboxylic acids is 1. The first kappa shape index (κ1) is 26.0. The number of carbonyl (C=O) groups excluding carboxylic acids is 1. The molecule has 1 amide bonds. The third-order valence-corrected chi connectivity index (χ3v) is 6.35. The van der Waals surface area contributed by atoms with Crippen LogP contribution in [0.15, 0.2) is 53.7 Å². The minimum atomic E-state index is -1.01. The number of methoxy groups -OCH3 is 1. The van der Waals surface area contributed by atoms with Gasteiger partial charge in [-0.05, 0) is 74.2 Å². The summed E-state index contributed by atoms with van der Waals surface area (Å²) in [6.45, 7) is 2.62. The number of piperidine rings is 1. The van der Waals surface area contributed by atoms with Crippen LogP contribution in [0.2, 0.25) is 0 Å². The second-order valence-corrected chi connectivity index (χ2v) is 8.96. The summed E-state index contributed by atoms with van der Waals surface area (Å²) in [6.07, 6.45) is 6.29. The van der Waals surface area contributed by atoms with E-state index >= 15 is 0 Å². The molecule has 1 saturated heterocycles. The van der Waals surface area contributed by atoms with E-state index in [0.29, 0.717) is 24.4 Å². The zero-order valence-electron chi connectivity index (χ0n) is 20.5. The Morgan fingerprint density at radius 2 is 2.00 bits per heavy atom. The molecule has 4 rings (SSSR count). The van der Waals surface area contributed by atoms with Gasteiger partial charge in [-0.1, -0.05) is 12.5 Å². The summed E-state index contributed by atoms with van der Waals surface area (Å²) >= 11 is 0. The average molecular weight is 509 g/mol. The van der Waals surface area contributed by atoms with Crippen LogP contribution in [-0.2, 0) is 4.79 Å². The number of aromatic hydroxyl groups is 1. The molecular formula is C27H29FN4O5. The molecule has 37 heavy (non-hydrogen) atoms. The third-order valence-electron chi connectivity index (χ3n) is 6.35. The number of ether oxygens (including phenoxy) is 1. The van der Waals surface area contributed by atoms with Gasteiger partial charge in [0, 0.05) is 12.6 Å². The predicted octanol–water partition coefficient (Wildman–Crippen LogP) is 3.73. The number of nitrogens with one attached hydrogen (secondary N) is 1. The van der Waals surface area contributed by atoms with Crippen molar-refractivity contribution >= 4 is 17.6 Å². The first-order valence-electron chi connectivity index (χ1n) is 12.2.